The number of hydrogen-bond donors (Lipinski definition) is 4. The number of aliphatic hydroxyl groups excluding tert-OH is 1. The number of thiocarbonyl (C=S) groups is 1. The molecule has 0 heterocycles. The third kappa shape index (κ3) is 4.98. The number of alkyl halides is 2. The van der Waals surface area contributed by atoms with Crippen molar-refractivity contribution >= 4 is 28.7 Å². The Labute approximate surface area is 150 Å². The van der Waals surface area contributed by atoms with Crippen molar-refractivity contribution in [2.45, 2.75) is 24.3 Å². The van der Waals surface area contributed by atoms with Gasteiger partial charge in [-0.1, -0.05) is 0 Å². The summed E-state index contributed by atoms with van der Waals surface area (Å²) < 4.78 is 26.2. The van der Waals surface area contributed by atoms with Crippen LogP contribution in [0.2, 0.25) is 0 Å². The molecule has 0 radical (unpaired) electrons. The maximum absolute atomic E-state index is 13.1. The van der Waals surface area contributed by atoms with Crippen molar-refractivity contribution < 1.29 is 13.9 Å². The van der Waals surface area contributed by atoms with E-state index < -0.39 is 30.9 Å². The Kier molecular flexibility index (Phi) is 5.77. The van der Waals surface area contributed by atoms with Crippen LogP contribution in [0.5, 0.6) is 0 Å². The van der Waals surface area contributed by atoms with E-state index in [4.69, 9.17) is 12.2 Å². The number of nitrogens with zero attached hydrogens (tertiary/aromatic N) is 2. The number of nitriles is 1. The lowest BCUT2D eigenvalue weighted by Gasteiger charge is -2.47. The summed E-state index contributed by atoms with van der Waals surface area (Å²) >= 11 is 5.14. The molecule has 4 N–H and O–H groups in total. The summed E-state index contributed by atoms with van der Waals surface area (Å²) in [5.41, 5.74) is 0.579. The summed E-state index contributed by atoms with van der Waals surface area (Å²) in [5, 5.41) is 27.5. The van der Waals surface area contributed by atoms with Gasteiger partial charge < -0.3 is 21.1 Å². The molecule has 0 saturated heterocycles. The topological polar surface area (TPSA) is 83.3 Å². The van der Waals surface area contributed by atoms with Gasteiger partial charge in [0.05, 0.1) is 30.1 Å². The van der Waals surface area contributed by atoms with Gasteiger partial charge in [-0.2, -0.15) is 5.26 Å². The van der Waals surface area contributed by atoms with Crippen molar-refractivity contribution in [1.29, 1.82) is 5.26 Å². The molecule has 1 aliphatic carbocycles. The van der Waals surface area contributed by atoms with Crippen molar-refractivity contribution in [3.05, 3.63) is 23.8 Å². The highest BCUT2D eigenvalue weighted by Gasteiger charge is 2.56. The first kappa shape index (κ1) is 19.3. The Morgan fingerprint density at radius 2 is 2.08 bits per heavy atom. The molecule has 9 heteroatoms. The van der Waals surface area contributed by atoms with Crippen LogP contribution in [0.25, 0.3) is 0 Å². The standard InChI is InChI=1S/C16H21F2N5OS/c1-23(2)10-20-13-4-3-12(5-11(13)6-19)21-14(25)22-15(9-24)7-16(17,18)8-15/h3-5,20,24H,7-10H2,1-2H3,(H2,21,22,25). The van der Waals surface area contributed by atoms with Crippen molar-refractivity contribution in [2.24, 2.45) is 0 Å². The van der Waals surface area contributed by atoms with E-state index in [0.29, 0.717) is 23.6 Å². The van der Waals surface area contributed by atoms with Gasteiger partial charge in [-0.05, 0) is 44.5 Å². The van der Waals surface area contributed by atoms with Crippen LogP contribution in [0.3, 0.4) is 0 Å². The third-order valence-corrected chi connectivity index (χ3v) is 4.06. The van der Waals surface area contributed by atoms with Crippen LogP contribution in [0.1, 0.15) is 18.4 Å². The zero-order valence-corrected chi connectivity index (χ0v) is 14.9. The van der Waals surface area contributed by atoms with Crippen molar-refractivity contribution in [3.8, 4) is 6.07 Å². The van der Waals surface area contributed by atoms with E-state index in [9.17, 15) is 19.1 Å². The second kappa shape index (κ2) is 7.47. The molecular weight excluding hydrogens is 348 g/mol. The zero-order chi connectivity index (χ0) is 18.7. The molecular formula is C16H21F2N5OS. The van der Waals surface area contributed by atoms with Crippen LogP contribution in [-0.4, -0.2) is 54.0 Å². The van der Waals surface area contributed by atoms with Crippen LogP contribution in [0.4, 0.5) is 20.2 Å². The van der Waals surface area contributed by atoms with Gasteiger partial charge in [0.15, 0.2) is 5.11 Å². The molecule has 0 atom stereocenters. The van der Waals surface area contributed by atoms with Gasteiger partial charge >= 0.3 is 0 Å². The highest BCUT2D eigenvalue weighted by atomic mass is 32.1. The molecule has 136 valence electrons. The average molecular weight is 369 g/mol. The predicted molar refractivity (Wildman–Crippen MR) is 96.7 cm³/mol. The van der Waals surface area contributed by atoms with E-state index in [1.807, 2.05) is 19.0 Å². The lowest BCUT2D eigenvalue weighted by molar-refractivity contribution is -0.141. The summed E-state index contributed by atoms with van der Waals surface area (Å²) in [6, 6.07) is 7.19. The van der Waals surface area contributed by atoms with Crippen molar-refractivity contribution in [1.82, 2.24) is 10.2 Å². The first-order chi connectivity index (χ1) is 11.7. The molecule has 6 nitrogen and oxygen atoms in total. The quantitative estimate of drug-likeness (QED) is 0.451. The number of anilines is 2. The van der Waals surface area contributed by atoms with E-state index >= 15 is 0 Å². The minimum Gasteiger partial charge on any atom is -0.394 e. The van der Waals surface area contributed by atoms with E-state index in [2.05, 4.69) is 22.0 Å². The summed E-state index contributed by atoms with van der Waals surface area (Å²) in [4.78, 5) is 1.93. The second-order valence-electron chi connectivity index (χ2n) is 6.51. The normalized spacial score (nSPS) is 17.3. The van der Waals surface area contributed by atoms with Gasteiger partial charge in [0.2, 0.25) is 0 Å². The van der Waals surface area contributed by atoms with E-state index in [0.717, 1.165) is 0 Å². The van der Waals surface area contributed by atoms with Gasteiger partial charge in [0.1, 0.15) is 6.07 Å². The maximum atomic E-state index is 13.1. The fourth-order valence-electron chi connectivity index (χ4n) is 2.69. The number of halogens is 2. The van der Waals surface area contributed by atoms with Crippen LogP contribution in [0.15, 0.2) is 18.2 Å². The number of hydrogen-bond acceptors (Lipinski definition) is 5. The zero-order valence-electron chi connectivity index (χ0n) is 14.1. The van der Waals surface area contributed by atoms with E-state index in [-0.39, 0.29) is 5.11 Å². The van der Waals surface area contributed by atoms with E-state index in [1.165, 1.54) is 0 Å². The van der Waals surface area contributed by atoms with E-state index in [1.54, 1.807) is 18.2 Å². The minimum absolute atomic E-state index is 0.127. The first-order valence-electron chi connectivity index (χ1n) is 7.69. The molecule has 1 saturated carbocycles. The Morgan fingerprint density at radius 1 is 1.40 bits per heavy atom. The minimum atomic E-state index is -2.78. The molecule has 0 spiro atoms. The summed E-state index contributed by atoms with van der Waals surface area (Å²) in [5.74, 6) is -2.78. The number of nitrogens with one attached hydrogen (secondary N) is 3. The monoisotopic (exact) mass is 369 g/mol. The third-order valence-electron chi connectivity index (χ3n) is 3.86. The Hall–Kier alpha value is -2.02. The molecule has 1 fully saturated rings. The average Bonchev–Trinajstić information content (AvgIpc) is 2.51. The lowest BCUT2D eigenvalue weighted by atomic mass is 9.74. The fourth-order valence-corrected chi connectivity index (χ4v) is 3.03. The predicted octanol–water partition coefficient (Wildman–Crippen LogP) is 1.94. The number of rotatable bonds is 6. The Morgan fingerprint density at radius 3 is 2.60 bits per heavy atom. The molecule has 0 bridgehead atoms. The Balaban J connectivity index is 2.00. The molecule has 1 aromatic carbocycles. The highest BCUT2D eigenvalue weighted by Crippen LogP contribution is 2.45. The lowest BCUT2D eigenvalue weighted by Crippen LogP contribution is -2.65. The summed E-state index contributed by atoms with van der Waals surface area (Å²) in [7, 11) is 3.81. The molecule has 1 aromatic rings. The van der Waals surface area contributed by atoms with Crippen LogP contribution in [0, 0.1) is 11.3 Å². The molecule has 0 aliphatic heterocycles. The Bertz CT molecular complexity index is 682. The smallest absolute Gasteiger partial charge is 0.252 e. The van der Waals surface area contributed by atoms with Crippen LogP contribution >= 0.6 is 12.2 Å². The SMILES string of the molecule is CN(C)CNc1ccc(NC(=S)NC2(CO)CC(F)(F)C2)cc1C#N. The van der Waals surface area contributed by atoms with Gasteiger partial charge in [0, 0.05) is 18.5 Å². The second-order valence-corrected chi connectivity index (χ2v) is 6.92. The largest absolute Gasteiger partial charge is 0.394 e. The van der Waals surface area contributed by atoms with Crippen LogP contribution in [-0.2, 0) is 0 Å². The molecule has 1 aliphatic rings. The molecule has 0 unspecified atom stereocenters. The van der Waals surface area contributed by atoms with Gasteiger partial charge in [0.25, 0.3) is 5.92 Å². The van der Waals surface area contributed by atoms with Crippen LogP contribution < -0.4 is 16.0 Å². The first-order valence-corrected chi connectivity index (χ1v) is 8.10. The van der Waals surface area contributed by atoms with Gasteiger partial charge in [-0.3, -0.25) is 4.90 Å². The highest BCUT2D eigenvalue weighted by molar-refractivity contribution is 7.80. The number of aliphatic hydroxyl groups is 1. The fraction of sp³-hybridized carbons (Fsp3) is 0.500. The van der Waals surface area contributed by atoms with Crippen molar-refractivity contribution in [3.63, 3.8) is 0 Å². The molecule has 2 rings (SSSR count). The number of benzene rings is 1. The molecule has 0 aromatic heterocycles. The van der Waals surface area contributed by atoms with Gasteiger partial charge in [-0.15, -0.1) is 0 Å². The van der Waals surface area contributed by atoms with Gasteiger partial charge in [-0.25, -0.2) is 8.78 Å². The van der Waals surface area contributed by atoms with Crippen molar-refractivity contribution in [2.75, 3.05) is 38.0 Å². The summed E-state index contributed by atoms with van der Waals surface area (Å²) in [6.07, 6.45) is -0.926. The maximum Gasteiger partial charge on any atom is 0.252 e. The molecule has 0 amide bonds. The molecule has 25 heavy (non-hydrogen) atoms. The summed E-state index contributed by atoms with van der Waals surface area (Å²) in [6.45, 7) is 0.149.